The first kappa shape index (κ1) is 11.6. The normalized spacial score (nSPS) is 13.2. The van der Waals surface area contributed by atoms with E-state index in [0.29, 0.717) is 18.1 Å². The number of hydrogen-bond acceptors (Lipinski definition) is 4. The van der Waals surface area contributed by atoms with Crippen LogP contribution in [-0.4, -0.2) is 29.5 Å². The van der Waals surface area contributed by atoms with Crippen molar-refractivity contribution in [3.63, 3.8) is 0 Å². The van der Waals surface area contributed by atoms with Crippen LogP contribution in [-0.2, 0) is 6.42 Å². The van der Waals surface area contributed by atoms with Gasteiger partial charge in [0.15, 0.2) is 0 Å². The van der Waals surface area contributed by atoms with Crippen molar-refractivity contribution in [1.82, 2.24) is 9.97 Å². The van der Waals surface area contributed by atoms with Gasteiger partial charge in [0.2, 0.25) is 5.88 Å². The summed E-state index contributed by atoms with van der Waals surface area (Å²) in [5, 5.41) is 0. The lowest BCUT2D eigenvalue weighted by Gasteiger charge is -2.16. The third kappa shape index (κ3) is 2.03. The summed E-state index contributed by atoms with van der Waals surface area (Å²) in [4.78, 5) is 22.1. The van der Waals surface area contributed by atoms with Crippen molar-refractivity contribution in [1.29, 1.82) is 0 Å². The molecule has 1 aliphatic rings. The number of rotatable bonds is 2. The first-order chi connectivity index (χ1) is 9.29. The smallest absolute Gasteiger partial charge is 0.277 e. The highest BCUT2D eigenvalue weighted by molar-refractivity contribution is 6.06. The van der Waals surface area contributed by atoms with E-state index < -0.39 is 0 Å². The summed E-state index contributed by atoms with van der Waals surface area (Å²) in [6.07, 6.45) is 2.22. The molecular weight excluding hydrogens is 242 g/mol. The van der Waals surface area contributed by atoms with E-state index in [1.54, 1.807) is 11.0 Å². The van der Waals surface area contributed by atoms with Crippen molar-refractivity contribution in [2.24, 2.45) is 0 Å². The third-order valence-electron chi connectivity index (χ3n) is 3.20. The Morgan fingerprint density at radius 2 is 2.16 bits per heavy atom. The van der Waals surface area contributed by atoms with Gasteiger partial charge in [0.1, 0.15) is 12.0 Å². The summed E-state index contributed by atoms with van der Waals surface area (Å²) < 4.78 is 5.02. The Labute approximate surface area is 110 Å². The minimum atomic E-state index is -0.120. The van der Waals surface area contributed by atoms with Crippen LogP contribution in [0.25, 0.3) is 0 Å². The van der Waals surface area contributed by atoms with Crippen LogP contribution in [0.1, 0.15) is 16.1 Å². The minimum absolute atomic E-state index is 0.120. The summed E-state index contributed by atoms with van der Waals surface area (Å²) >= 11 is 0. The Balaban J connectivity index is 1.93. The van der Waals surface area contributed by atoms with Gasteiger partial charge in [-0.05, 0) is 18.1 Å². The number of carbonyl (C=O) groups is 1. The van der Waals surface area contributed by atoms with Crippen LogP contribution in [0.15, 0.2) is 36.7 Å². The third-order valence-corrected chi connectivity index (χ3v) is 3.20. The van der Waals surface area contributed by atoms with Crippen LogP contribution in [0.4, 0.5) is 5.69 Å². The van der Waals surface area contributed by atoms with Crippen LogP contribution >= 0.6 is 0 Å². The van der Waals surface area contributed by atoms with Crippen LogP contribution < -0.4 is 9.64 Å². The van der Waals surface area contributed by atoms with Gasteiger partial charge >= 0.3 is 0 Å². The Kier molecular flexibility index (Phi) is 2.87. The number of methoxy groups -OCH3 is 1. The van der Waals surface area contributed by atoms with Crippen molar-refractivity contribution >= 4 is 11.6 Å². The molecule has 1 aromatic carbocycles. The monoisotopic (exact) mass is 255 g/mol. The lowest BCUT2D eigenvalue weighted by Crippen LogP contribution is -2.29. The summed E-state index contributed by atoms with van der Waals surface area (Å²) in [7, 11) is 1.52. The molecule has 0 radical (unpaired) electrons. The minimum Gasteiger partial charge on any atom is -0.481 e. The highest BCUT2D eigenvalue weighted by Gasteiger charge is 2.26. The van der Waals surface area contributed by atoms with Gasteiger partial charge in [-0.15, -0.1) is 0 Å². The van der Waals surface area contributed by atoms with E-state index in [9.17, 15) is 4.79 Å². The molecule has 0 fully saturated rings. The van der Waals surface area contributed by atoms with Crippen LogP contribution in [0.5, 0.6) is 5.88 Å². The lowest BCUT2D eigenvalue weighted by molar-refractivity contribution is 0.0984. The van der Waals surface area contributed by atoms with Gasteiger partial charge in [-0.1, -0.05) is 18.2 Å². The number of benzene rings is 1. The molecule has 1 amide bonds. The van der Waals surface area contributed by atoms with Gasteiger partial charge in [-0.25, -0.2) is 9.97 Å². The van der Waals surface area contributed by atoms with Crippen molar-refractivity contribution in [2.45, 2.75) is 6.42 Å². The molecule has 96 valence electrons. The van der Waals surface area contributed by atoms with Gasteiger partial charge in [0.05, 0.1) is 7.11 Å². The molecule has 5 nitrogen and oxygen atoms in total. The number of hydrogen-bond donors (Lipinski definition) is 0. The second kappa shape index (κ2) is 4.68. The first-order valence-corrected chi connectivity index (χ1v) is 6.05. The second-order valence-corrected chi connectivity index (χ2v) is 4.28. The molecule has 0 unspecified atom stereocenters. The Bertz CT molecular complexity index is 628. The number of fused-ring (bicyclic) bond motifs is 1. The maximum Gasteiger partial charge on any atom is 0.277 e. The van der Waals surface area contributed by atoms with Gasteiger partial charge in [-0.2, -0.15) is 0 Å². The fraction of sp³-hybridized carbons (Fsp3) is 0.214. The van der Waals surface area contributed by atoms with Gasteiger partial charge in [0, 0.05) is 18.3 Å². The van der Waals surface area contributed by atoms with Crippen LogP contribution in [0.3, 0.4) is 0 Å². The van der Waals surface area contributed by atoms with E-state index in [2.05, 4.69) is 9.97 Å². The first-order valence-electron chi connectivity index (χ1n) is 6.05. The number of anilines is 1. The molecule has 2 aromatic rings. The summed E-state index contributed by atoms with van der Waals surface area (Å²) in [6.45, 7) is 0.685. The molecule has 0 saturated heterocycles. The number of amides is 1. The van der Waals surface area contributed by atoms with Crippen molar-refractivity contribution in [2.75, 3.05) is 18.6 Å². The topological polar surface area (TPSA) is 55.3 Å². The summed E-state index contributed by atoms with van der Waals surface area (Å²) in [5.41, 5.74) is 2.51. The number of ether oxygens (including phenoxy) is 1. The van der Waals surface area contributed by atoms with E-state index in [1.807, 2.05) is 24.3 Å². The summed E-state index contributed by atoms with van der Waals surface area (Å²) in [5.74, 6) is 0.275. The van der Waals surface area contributed by atoms with Crippen LogP contribution in [0.2, 0.25) is 0 Å². The number of nitrogens with zero attached hydrogens (tertiary/aromatic N) is 3. The number of aromatic nitrogens is 2. The largest absolute Gasteiger partial charge is 0.481 e. The molecule has 0 bridgehead atoms. The molecule has 0 aliphatic carbocycles. The number of para-hydroxylation sites is 1. The van der Waals surface area contributed by atoms with Gasteiger partial charge in [0.25, 0.3) is 5.91 Å². The molecular formula is C14H13N3O2. The Morgan fingerprint density at radius 3 is 3.00 bits per heavy atom. The van der Waals surface area contributed by atoms with E-state index in [-0.39, 0.29) is 5.91 Å². The quantitative estimate of drug-likeness (QED) is 0.819. The zero-order valence-electron chi connectivity index (χ0n) is 10.5. The zero-order chi connectivity index (χ0) is 13.2. The lowest BCUT2D eigenvalue weighted by atomic mass is 10.2. The SMILES string of the molecule is COc1cc(C(=O)N2CCc3ccccc32)ncn1. The highest BCUT2D eigenvalue weighted by Crippen LogP contribution is 2.28. The standard InChI is InChI=1S/C14H13N3O2/c1-19-13-8-11(15-9-16-13)14(18)17-7-6-10-4-2-3-5-12(10)17/h2-5,8-9H,6-7H2,1H3. The fourth-order valence-electron chi connectivity index (χ4n) is 2.26. The van der Waals surface area contributed by atoms with Gasteiger partial charge in [-0.3, -0.25) is 4.79 Å². The molecule has 0 spiro atoms. The van der Waals surface area contributed by atoms with E-state index in [4.69, 9.17) is 4.74 Å². The predicted octanol–water partition coefficient (Wildman–Crippen LogP) is 1.69. The molecule has 3 rings (SSSR count). The average molecular weight is 255 g/mol. The van der Waals surface area contributed by atoms with Gasteiger partial charge < -0.3 is 9.64 Å². The maximum absolute atomic E-state index is 12.5. The average Bonchev–Trinajstić information content (AvgIpc) is 2.90. The zero-order valence-corrected chi connectivity index (χ0v) is 10.5. The second-order valence-electron chi connectivity index (χ2n) is 4.28. The molecule has 1 aliphatic heterocycles. The van der Waals surface area contributed by atoms with Crippen molar-refractivity contribution in [3.05, 3.63) is 47.9 Å². The van der Waals surface area contributed by atoms with E-state index >= 15 is 0 Å². The highest BCUT2D eigenvalue weighted by atomic mass is 16.5. The Morgan fingerprint density at radius 1 is 1.32 bits per heavy atom. The molecule has 0 N–H and O–H groups in total. The van der Waals surface area contributed by atoms with Crippen molar-refractivity contribution in [3.8, 4) is 5.88 Å². The molecule has 0 atom stereocenters. The number of carbonyl (C=O) groups excluding carboxylic acids is 1. The molecule has 0 saturated carbocycles. The van der Waals surface area contributed by atoms with Crippen molar-refractivity contribution < 1.29 is 9.53 Å². The molecule has 1 aromatic heterocycles. The van der Waals surface area contributed by atoms with E-state index in [0.717, 1.165) is 12.1 Å². The fourth-order valence-corrected chi connectivity index (χ4v) is 2.26. The summed E-state index contributed by atoms with van der Waals surface area (Å²) in [6, 6.07) is 9.48. The van der Waals surface area contributed by atoms with E-state index in [1.165, 1.54) is 19.0 Å². The Hall–Kier alpha value is -2.43. The molecule has 2 heterocycles. The molecule has 5 heteroatoms. The maximum atomic E-state index is 12.5. The molecule has 19 heavy (non-hydrogen) atoms. The van der Waals surface area contributed by atoms with Crippen LogP contribution in [0, 0.1) is 0 Å². The predicted molar refractivity (Wildman–Crippen MR) is 70.4 cm³/mol.